The van der Waals surface area contributed by atoms with Crippen LogP contribution in [-0.4, -0.2) is 54.2 Å². The molecule has 5 nitrogen and oxygen atoms in total. The molecule has 2 heterocycles. The van der Waals surface area contributed by atoms with Crippen molar-refractivity contribution in [1.29, 1.82) is 0 Å². The second-order valence-corrected chi connectivity index (χ2v) is 4.12. The maximum absolute atomic E-state index is 13.0. The van der Waals surface area contributed by atoms with E-state index in [4.69, 9.17) is 5.11 Å². The minimum absolute atomic E-state index is 0.0745. The number of rotatable bonds is 2. The summed E-state index contributed by atoms with van der Waals surface area (Å²) in [5.41, 5.74) is -0.0745. The molecule has 0 saturated carbocycles. The SMILES string of the molecule is CN1CCN(c2ncc(F)cc2C(=O)O)CC1. The summed E-state index contributed by atoms with van der Waals surface area (Å²) in [7, 11) is 2.01. The highest BCUT2D eigenvalue weighted by Gasteiger charge is 2.21. The summed E-state index contributed by atoms with van der Waals surface area (Å²) in [6, 6.07) is 1.02. The first-order valence-corrected chi connectivity index (χ1v) is 5.40. The van der Waals surface area contributed by atoms with E-state index in [9.17, 15) is 9.18 Å². The number of pyridine rings is 1. The van der Waals surface area contributed by atoms with E-state index in [0.29, 0.717) is 18.9 Å². The van der Waals surface area contributed by atoms with Crippen molar-refractivity contribution in [3.05, 3.63) is 23.6 Å². The molecule has 0 spiro atoms. The van der Waals surface area contributed by atoms with E-state index in [-0.39, 0.29) is 5.56 Å². The zero-order valence-electron chi connectivity index (χ0n) is 9.56. The maximum atomic E-state index is 13.0. The summed E-state index contributed by atoms with van der Waals surface area (Å²) in [6.07, 6.45) is 1.06. The monoisotopic (exact) mass is 239 g/mol. The van der Waals surface area contributed by atoms with Gasteiger partial charge in [0.2, 0.25) is 0 Å². The van der Waals surface area contributed by atoms with Crippen LogP contribution in [0.25, 0.3) is 0 Å². The maximum Gasteiger partial charge on any atom is 0.339 e. The summed E-state index contributed by atoms with van der Waals surface area (Å²) in [5.74, 6) is -1.42. The fourth-order valence-electron chi connectivity index (χ4n) is 1.86. The van der Waals surface area contributed by atoms with E-state index in [2.05, 4.69) is 9.88 Å². The van der Waals surface area contributed by atoms with Gasteiger partial charge in [-0.05, 0) is 13.1 Å². The van der Waals surface area contributed by atoms with Crippen LogP contribution in [0.2, 0.25) is 0 Å². The number of hydrogen-bond donors (Lipinski definition) is 1. The molecule has 6 heteroatoms. The Hall–Kier alpha value is -1.69. The molecule has 0 aliphatic carbocycles. The number of aromatic carboxylic acids is 1. The summed E-state index contributed by atoms with van der Waals surface area (Å²) in [5, 5.41) is 9.03. The Morgan fingerprint density at radius 3 is 2.65 bits per heavy atom. The molecule has 17 heavy (non-hydrogen) atoms. The molecule has 0 bridgehead atoms. The minimum Gasteiger partial charge on any atom is -0.478 e. The summed E-state index contributed by atoms with van der Waals surface area (Å²) >= 11 is 0. The third kappa shape index (κ3) is 2.52. The van der Waals surface area contributed by atoms with Crippen LogP contribution in [0.3, 0.4) is 0 Å². The van der Waals surface area contributed by atoms with Crippen LogP contribution in [0, 0.1) is 5.82 Å². The van der Waals surface area contributed by atoms with Crippen molar-refractivity contribution in [3.63, 3.8) is 0 Å². The Labute approximate surface area is 98.5 Å². The van der Waals surface area contributed by atoms with Gasteiger partial charge in [-0.25, -0.2) is 14.2 Å². The third-order valence-corrected chi connectivity index (χ3v) is 2.87. The molecular formula is C11H14FN3O2. The summed E-state index contributed by atoms with van der Waals surface area (Å²) in [4.78, 5) is 19.0. The minimum atomic E-state index is -1.15. The number of hydrogen-bond acceptors (Lipinski definition) is 4. The van der Waals surface area contributed by atoms with Gasteiger partial charge >= 0.3 is 5.97 Å². The second-order valence-electron chi connectivity index (χ2n) is 4.12. The number of carbonyl (C=O) groups is 1. The van der Waals surface area contributed by atoms with Gasteiger partial charge in [0.15, 0.2) is 0 Å². The summed E-state index contributed by atoms with van der Waals surface area (Å²) in [6.45, 7) is 3.10. The van der Waals surface area contributed by atoms with E-state index in [1.165, 1.54) is 0 Å². The lowest BCUT2D eigenvalue weighted by atomic mass is 10.2. The second kappa shape index (κ2) is 4.67. The lowest BCUT2D eigenvalue weighted by Crippen LogP contribution is -2.45. The van der Waals surface area contributed by atoms with Crippen LogP contribution in [0.1, 0.15) is 10.4 Å². The number of piperazine rings is 1. The fraction of sp³-hybridized carbons (Fsp3) is 0.455. The Balaban J connectivity index is 2.28. The topological polar surface area (TPSA) is 56.7 Å². The normalized spacial score (nSPS) is 17.2. The van der Waals surface area contributed by atoms with Crippen LogP contribution in [-0.2, 0) is 0 Å². The molecule has 0 radical (unpaired) electrons. The number of aromatic nitrogens is 1. The third-order valence-electron chi connectivity index (χ3n) is 2.87. The van der Waals surface area contributed by atoms with Gasteiger partial charge in [0, 0.05) is 26.2 Å². The molecule has 1 aliphatic heterocycles. The lowest BCUT2D eigenvalue weighted by Gasteiger charge is -2.33. The number of carboxylic acid groups (broad SMARTS) is 1. The van der Waals surface area contributed by atoms with Gasteiger partial charge in [0.25, 0.3) is 0 Å². The van der Waals surface area contributed by atoms with Crippen molar-refractivity contribution in [2.75, 3.05) is 38.1 Å². The Morgan fingerprint density at radius 1 is 1.41 bits per heavy atom. The number of nitrogens with zero attached hydrogens (tertiary/aromatic N) is 3. The molecule has 1 aromatic rings. The molecule has 2 rings (SSSR count). The van der Waals surface area contributed by atoms with E-state index in [1.54, 1.807) is 0 Å². The fourth-order valence-corrected chi connectivity index (χ4v) is 1.86. The molecule has 1 aliphatic rings. The molecule has 92 valence electrons. The van der Waals surface area contributed by atoms with Gasteiger partial charge in [-0.15, -0.1) is 0 Å². The molecule has 0 atom stereocenters. The first-order valence-electron chi connectivity index (χ1n) is 5.40. The van der Waals surface area contributed by atoms with Crippen molar-refractivity contribution in [2.24, 2.45) is 0 Å². The Morgan fingerprint density at radius 2 is 2.06 bits per heavy atom. The van der Waals surface area contributed by atoms with Crippen molar-refractivity contribution in [1.82, 2.24) is 9.88 Å². The molecule has 1 fully saturated rings. The molecule has 1 aromatic heterocycles. The van der Waals surface area contributed by atoms with Gasteiger partial charge < -0.3 is 14.9 Å². The summed E-state index contributed by atoms with van der Waals surface area (Å²) < 4.78 is 13.0. The van der Waals surface area contributed by atoms with Gasteiger partial charge in [-0.2, -0.15) is 0 Å². The molecule has 0 amide bonds. The van der Waals surface area contributed by atoms with Crippen LogP contribution in [0.4, 0.5) is 10.2 Å². The highest BCUT2D eigenvalue weighted by atomic mass is 19.1. The first kappa shape index (κ1) is 11.8. The molecule has 1 saturated heterocycles. The molecular weight excluding hydrogens is 225 g/mol. The molecule has 0 unspecified atom stereocenters. The van der Waals surface area contributed by atoms with Gasteiger partial charge in [-0.1, -0.05) is 0 Å². The number of halogens is 1. The number of carboxylic acids is 1. The Bertz CT molecular complexity index is 431. The van der Waals surface area contributed by atoms with E-state index in [1.807, 2.05) is 11.9 Å². The van der Waals surface area contributed by atoms with Crippen molar-refractivity contribution >= 4 is 11.8 Å². The van der Waals surface area contributed by atoms with Crippen LogP contribution in [0.15, 0.2) is 12.3 Å². The smallest absolute Gasteiger partial charge is 0.339 e. The molecule has 0 aromatic carbocycles. The van der Waals surface area contributed by atoms with Crippen molar-refractivity contribution < 1.29 is 14.3 Å². The highest BCUT2D eigenvalue weighted by Crippen LogP contribution is 2.19. The predicted molar refractivity (Wildman–Crippen MR) is 60.9 cm³/mol. The number of anilines is 1. The van der Waals surface area contributed by atoms with Crippen molar-refractivity contribution in [2.45, 2.75) is 0 Å². The van der Waals surface area contributed by atoms with Gasteiger partial charge in [0.05, 0.1) is 6.20 Å². The largest absolute Gasteiger partial charge is 0.478 e. The zero-order chi connectivity index (χ0) is 12.4. The average molecular weight is 239 g/mol. The zero-order valence-corrected chi connectivity index (χ0v) is 9.56. The first-order chi connectivity index (χ1) is 8.08. The number of likely N-dealkylation sites (N-methyl/N-ethyl adjacent to an activating group) is 1. The van der Waals surface area contributed by atoms with Crippen LogP contribution < -0.4 is 4.90 Å². The van der Waals surface area contributed by atoms with Gasteiger partial charge in [-0.3, -0.25) is 0 Å². The molecule has 1 N–H and O–H groups in total. The average Bonchev–Trinajstić information content (AvgIpc) is 2.30. The highest BCUT2D eigenvalue weighted by molar-refractivity contribution is 5.93. The predicted octanol–water partition coefficient (Wildman–Crippen LogP) is 0.671. The Kier molecular flexibility index (Phi) is 3.23. The van der Waals surface area contributed by atoms with Crippen molar-refractivity contribution in [3.8, 4) is 0 Å². The van der Waals surface area contributed by atoms with Crippen LogP contribution in [0.5, 0.6) is 0 Å². The lowest BCUT2D eigenvalue weighted by molar-refractivity contribution is 0.0696. The quantitative estimate of drug-likeness (QED) is 0.822. The van der Waals surface area contributed by atoms with E-state index >= 15 is 0 Å². The van der Waals surface area contributed by atoms with E-state index in [0.717, 1.165) is 25.4 Å². The van der Waals surface area contributed by atoms with E-state index < -0.39 is 11.8 Å². The van der Waals surface area contributed by atoms with Gasteiger partial charge in [0.1, 0.15) is 17.2 Å². The van der Waals surface area contributed by atoms with Crippen LogP contribution >= 0.6 is 0 Å². The standard InChI is InChI=1S/C11H14FN3O2/c1-14-2-4-15(5-3-14)10-9(11(16)17)6-8(12)7-13-10/h6-7H,2-5H2,1H3,(H,16,17).